The van der Waals surface area contributed by atoms with Crippen LogP contribution in [0.4, 0.5) is 0 Å². The molecule has 0 bridgehead atoms. The molecule has 0 saturated heterocycles. The average Bonchev–Trinajstić information content (AvgIpc) is 2.89. The normalized spacial score (nSPS) is 13.8. The van der Waals surface area contributed by atoms with Crippen LogP contribution >= 0.6 is 0 Å². The van der Waals surface area contributed by atoms with Gasteiger partial charge in [-0.25, -0.2) is 0 Å². The van der Waals surface area contributed by atoms with Gasteiger partial charge in [0.2, 0.25) is 0 Å². The third-order valence-electron chi connectivity index (χ3n) is 7.50. The van der Waals surface area contributed by atoms with Crippen molar-refractivity contribution in [2.45, 2.75) is 70.9 Å². The van der Waals surface area contributed by atoms with Crippen LogP contribution in [-0.4, -0.2) is 42.5 Å². The second-order valence-electron chi connectivity index (χ2n) is 11.3. The highest BCUT2D eigenvalue weighted by Gasteiger charge is 2.37. The summed E-state index contributed by atoms with van der Waals surface area (Å²) in [5.74, 6) is -0.244. The fourth-order valence-corrected chi connectivity index (χ4v) is 5.22. The molecule has 1 aromatic heterocycles. The van der Waals surface area contributed by atoms with E-state index in [2.05, 4.69) is 74.9 Å². The van der Waals surface area contributed by atoms with E-state index < -0.39 is 20.3 Å². The second-order valence-corrected chi connectivity index (χ2v) is 16.1. The SMILES string of the molecule is CC(c1ccccc1)N(Cc1ccccc1)C(CC(=O)O)c1cncc(OCCO[Si](C)(C)C(C)(C)C)c1. The first-order valence-corrected chi connectivity index (χ1v) is 16.2. The lowest BCUT2D eigenvalue weighted by Crippen LogP contribution is -2.41. The lowest BCUT2D eigenvalue weighted by atomic mass is 9.97. The zero-order valence-corrected chi connectivity index (χ0v) is 24.6. The maximum absolute atomic E-state index is 12.1. The maximum Gasteiger partial charge on any atom is 0.305 e. The first-order chi connectivity index (χ1) is 18.0. The number of hydrogen-bond acceptors (Lipinski definition) is 5. The molecule has 38 heavy (non-hydrogen) atoms. The van der Waals surface area contributed by atoms with E-state index in [4.69, 9.17) is 9.16 Å². The van der Waals surface area contributed by atoms with Crippen LogP contribution in [0.15, 0.2) is 79.1 Å². The molecule has 0 spiro atoms. The molecule has 0 radical (unpaired) electrons. The van der Waals surface area contributed by atoms with E-state index >= 15 is 0 Å². The highest BCUT2D eigenvalue weighted by Crippen LogP contribution is 2.37. The fraction of sp³-hybridized carbons (Fsp3) is 0.419. The predicted octanol–water partition coefficient (Wildman–Crippen LogP) is 7.26. The molecule has 1 heterocycles. The van der Waals surface area contributed by atoms with Gasteiger partial charge in [-0.1, -0.05) is 81.4 Å². The van der Waals surface area contributed by atoms with Crippen molar-refractivity contribution in [3.8, 4) is 5.75 Å². The molecule has 2 unspecified atom stereocenters. The Labute approximate surface area is 228 Å². The Hall–Kier alpha value is -3.00. The van der Waals surface area contributed by atoms with Gasteiger partial charge in [0.25, 0.3) is 0 Å². The van der Waals surface area contributed by atoms with Gasteiger partial charge < -0.3 is 14.3 Å². The molecule has 3 aromatic rings. The van der Waals surface area contributed by atoms with Crippen molar-refractivity contribution in [3.63, 3.8) is 0 Å². The first-order valence-electron chi connectivity index (χ1n) is 13.3. The minimum atomic E-state index is -1.85. The number of carbonyl (C=O) groups is 1. The molecule has 0 aliphatic rings. The summed E-state index contributed by atoms with van der Waals surface area (Å²) in [4.78, 5) is 18.7. The molecular weight excluding hydrogens is 492 g/mol. The molecule has 204 valence electrons. The molecule has 0 amide bonds. The molecule has 6 nitrogen and oxygen atoms in total. The van der Waals surface area contributed by atoms with Crippen LogP contribution < -0.4 is 4.74 Å². The van der Waals surface area contributed by atoms with Crippen molar-refractivity contribution in [1.29, 1.82) is 0 Å². The second kappa shape index (κ2) is 13.2. The molecule has 2 aromatic carbocycles. The molecule has 3 rings (SSSR count). The number of rotatable bonds is 13. The van der Waals surface area contributed by atoms with Crippen LogP contribution in [0, 0.1) is 0 Å². The summed E-state index contributed by atoms with van der Waals surface area (Å²) in [7, 11) is -1.85. The van der Waals surface area contributed by atoms with Gasteiger partial charge in [-0.2, -0.15) is 0 Å². The van der Waals surface area contributed by atoms with Crippen molar-refractivity contribution in [2.75, 3.05) is 13.2 Å². The van der Waals surface area contributed by atoms with Crippen LogP contribution in [0.5, 0.6) is 5.75 Å². The number of benzene rings is 2. The van der Waals surface area contributed by atoms with Crippen LogP contribution in [0.1, 0.15) is 62.9 Å². The lowest BCUT2D eigenvalue weighted by molar-refractivity contribution is -0.138. The van der Waals surface area contributed by atoms with E-state index in [1.807, 2.05) is 42.5 Å². The van der Waals surface area contributed by atoms with E-state index in [1.54, 1.807) is 12.4 Å². The number of nitrogens with zero attached hydrogens (tertiary/aromatic N) is 2. The van der Waals surface area contributed by atoms with E-state index in [0.29, 0.717) is 25.5 Å². The molecule has 0 aliphatic carbocycles. The third-order valence-corrected chi connectivity index (χ3v) is 12.0. The lowest BCUT2D eigenvalue weighted by Gasteiger charge is -2.36. The van der Waals surface area contributed by atoms with Gasteiger partial charge in [0.15, 0.2) is 8.32 Å². The Bertz CT molecular complexity index is 1150. The minimum Gasteiger partial charge on any atom is -0.490 e. The minimum absolute atomic E-state index is 0.0247. The maximum atomic E-state index is 12.1. The van der Waals surface area contributed by atoms with Gasteiger partial charge in [0, 0.05) is 24.8 Å². The van der Waals surface area contributed by atoms with E-state index in [-0.39, 0.29) is 17.5 Å². The number of carboxylic acid groups (broad SMARTS) is 1. The van der Waals surface area contributed by atoms with Crippen molar-refractivity contribution in [1.82, 2.24) is 9.88 Å². The number of carboxylic acids is 1. The summed E-state index contributed by atoms with van der Waals surface area (Å²) < 4.78 is 12.3. The van der Waals surface area contributed by atoms with E-state index in [1.165, 1.54) is 0 Å². The average molecular weight is 535 g/mol. The van der Waals surface area contributed by atoms with E-state index in [0.717, 1.165) is 16.7 Å². The Morgan fingerprint density at radius 1 is 0.974 bits per heavy atom. The van der Waals surface area contributed by atoms with Crippen molar-refractivity contribution < 1.29 is 19.1 Å². The summed E-state index contributed by atoms with van der Waals surface area (Å²) in [6.07, 6.45) is 3.38. The smallest absolute Gasteiger partial charge is 0.305 e. The summed E-state index contributed by atoms with van der Waals surface area (Å²) in [6, 6.07) is 21.8. The predicted molar refractivity (Wildman–Crippen MR) is 155 cm³/mol. The quantitative estimate of drug-likeness (QED) is 0.184. The Morgan fingerprint density at radius 2 is 1.61 bits per heavy atom. The van der Waals surface area contributed by atoms with E-state index in [9.17, 15) is 9.90 Å². The molecule has 0 fully saturated rings. The first kappa shape index (κ1) is 29.6. The molecule has 1 N–H and O–H groups in total. The molecule has 7 heteroatoms. The standard InChI is InChI=1S/C31H42N2O4Si/c1-24(26-15-11-8-12-16-26)33(23-25-13-9-7-10-14-25)29(20-30(34)35)27-19-28(22-32-21-27)36-17-18-37-38(5,6)31(2,3)4/h7-16,19,21-22,24,29H,17-18,20,23H2,1-6H3,(H,34,35). The highest BCUT2D eigenvalue weighted by atomic mass is 28.4. The highest BCUT2D eigenvalue weighted by molar-refractivity contribution is 6.74. The Morgan fingerprint density at radius 3 is 2.21 bits per heavy atom. The number of aromatic nitrogens is 1. The van der Waals surface area contributed by atoms with Crippen LogP contribution in [0.3, 0.4) is 0 Å². The third kappa shape index (κ3) is 8.25. The molecule has 0 aliphatic heterocycles. The van der Waals surface area contributed by atoms with Crippen LogP contribution in [0.25, 0.3) is 0 Å². The monoisotopic (exact) mass is 534 g/mol. The van der Waals surface area contributed by atoms with Gasteiger partial charge in [-0.3, -0.25) is 14.7 Å². The van der Waals surface area contributed by atoms with Gasteiger partial charge in [-0.05, 0) is 47.8 Å². The van der Waals surface area contributed by atoms with Crippen LogP contribution in [-0.2, 0) is 15.8 Å². The number of ether oxygens (including phenoxy) is 1. The van der Waals surface area contributed by atoms with Crippen molar-refractivity contribution in [3.05, 3.63) is 95.8 Å². The van der Waals surface area contributed by atoms with Gasteiger partial charge in [-0.15, -0.1) is 0 Å². The largest absolute Gasteiger partial charge is 0.490 e. The van der Waals surface area contributed by atoms with Gasteiger partial charge >= 0.3 is 5.97 Å². The van der Waals surface area contributed by atoms with Gasteiger partial charge in [0.1, 0.15) is 12.4 Å². The Balaban J connectivity index is 1.85. The zero-order chi connectivity index (χ0) is 27.8. The Kier molecular flexibility index (Phi) is 10.2. The fourth-order valence-electron chi connectivity index (χ4n) is 4.20. The summed E-state index contributed by atoms with van der Waals surface area (Å²) >= 11 is 0. The number of hydrogen-bond donors (Lipinski definition) is 1. The molecule has 2 atom stereocenters. The summed E-state index contributed by atoms with van der Waals surface area (Å²) in [5, 5.41) is 10.0. The molecular formula is C31H42N2O4Si. The zero-order valence-electron chi connectivity index (χ0n) is 23.6. The van der Waals surface area contributed by atoms with Crippen molar-refractivity contribution in [2.24, 2.45) is 0 Å². The summed E-state index contributed by atoms with van der Waals surface area (Å²) in [6.45, 7) is 14.7. The van der Waals surface area contributed by atoms with Crippen molar-refractivity contribution >= 4 is 14.3 Å². The number of pyridine rings is 1. The number of aliphatic carboxylic acids is 1. The topological polar surface area (TPSA) is 71.9 Å². The van der Waals surface area contributed by atoms with Crippen LogP contribution in [0.2, 0.25) is 18.1 Å². The molecule has 0 saturated carbocycles. The van der Waals surface area contributed by atoms with Gasteiger partial charge in [0.05, 0.1) is 19.2 Å². The summed E-state index contributed by atoms with van der Waals surface area (Å²) in [5.41, 5.74) is 3.06.